The molecule has 0 unspecified atom stereocenters. The van der Waals surface area contributed by atoms with Gasteiger partial charge in [-0.2, -0.15) is 5.10 Å². The topological polar surface area (TPSA) is 42.7 Å². The maximum atomic E-state index is 4.35. The van der Waals surface area contributed by atoms with Gasteiger partial charge in [-0.05, 0) is 17.7 Å². The van der Waals surface area contributed by atoms with Crippen molar-refractivity contribution in [1.82, 2.24) is 14.8 Å². The van der Waals surface area contributed by atoms with Crippen LogP contribution >= 0.6 is 0 Å². The molecule has 94 valence electrons. The van der Waals surface area contributed by atoms with Crippen molar-refractivity contribution in [3.8, 4) is 0 Å². The largest absolute Gasteiger partial charge is 0.353 e. The molecule has 0 amide bonds. The quantitative estimate of drug-likeness (QED) is 0.773. The van der Waals surface area contributed by atoms with Crippen LogP contribution in [0.3, 0.4) is 0 Å². The van der Waals surface area contributed by atoms with Crippen LogP contribution in [0.2, 0.25) is 0 Å². The molecular weight excluding hydrogens is 236 g/mol. The molecule has 0 bridgehead atoms. The highest BCUT2D eigenvalue weighted by Gasteiger charge is 2.00. The minimum Gasteiger partial charge on any atom is -0.353 e. The van der Waals surface area contributed by atoms with E-state index in [4.69, 9.17) is 0 Å². The molecule has 0 fully saturated rings. The zero-order valence-corrected chi connectivity index (χ0v) is 10.4. The van der Waals surface area contributed by atoms with Gasteiger partial charge in [-0.3, -0.25) is 9.67 Å². The van der Waals surface area contributed by atoms with Gasteiger partial charge >= 0.3 is 0 Å². The van der Waals surface area contributed by atoms with Crippen molar-refractivity contribution >= 4 is 11.4 Å². The first kappa shape index (κ1) is 11.5. The van der Waals surface area contributed by atoms with Crippen molar-refractivity contribution in [3.05, 3.63) is 72.8 Å². The van der Waals surface area contributed by atoms with Crippen LogP contribution in [0.4, 0.5) is 11.4 Å². The molecule has 2 aromatic heterocycles. The summed E-state index contributed by atoms with van der Waals surface area (Å²) in [6.07, 6.45) is 7.34. The lowest BCUT2D eigenvalue weighted by Gasteiger charge is -2.02. The van der Waals surface area contributed by atoms with Gasteiger partial charge in [-0.15, -0.1) is 0 Å². The minimum atomic E-state index is 0.777. The van der Waals surface area contributed by atoms with Gasteiger partial charge < -0.3 is 5.32 Å². The van der Waals surface area contributed by atoms with Gasteiger partial charge in [-0.25, -0.2) is 0 Å². The summed E-state index contributed by atoms with van der Waals surface area (Å²) in [6, 6.07) is 14.1. The van der Waals surface area contributed by atoms with Crippen molar-refractivity contribution in [2.45, 2.75) is 6.54 Å². The number of benzene rings is 1. The van der Waals surface area contributed by atoms with E-state index < -0.39 is 0 Å². The molecule has 0 saturated heterocycles. The predicted molar refractivity (Wildman–Crippen MR) is 75.3 cm³/mol. The van der Waals surface area contributed by atoms with Crippen molar-refractivity contribution in [2.24, 2.45) is 0 Å². The van der Waals surface area contributed by atoms with Crippen molar-refractivity contribution < 1.29 is 0 Å². The predicted octanol–water partition coefficient (Wildman–Crippen LogP) is 3.07. The fraction of sp³-hybridized carbons (Fsp3) is 0.0667. The second-order valence-electron chi connectivity index (χ2n) is 4.27. The summed E-state index contributed by atoms with van der Waals surface area (Å²) in [7, 11) is 0. The first-order chi connectivity index (χ1) is 9.40. The molecule has 3 aromatic rings. The molecule has 4 nitrogen and oxygen atoms in total. The molecule has 1 N–H and O–H groups in total. The molecule has 0 saturated carbocycles. The standard InChI is InChI=1S/C15H14N4/c1-2-4-13(5-3-1)11-19-12-15(10-17-19)18-14-6-8-16-9-7-14/h1-10,12H,11H2,(H,16,18). The SMILES string of the molecule is c1ccc(Cn2cc(Nc3ccncc3)cn2)cc1. The smallest absolute Gasteiger partial charge is 0.0770 e. The molecule has 19 heavy (non-hydrogen) atoms. The Bertz CT molecular complexity index is 576. The molecule has 0 aliphatic carbocycles. The monoisotopic (exact) mass is 250 g/mol. The highest BCUT2D eigenvalue weighted by molar-refractivity contribution is 5.56. The van der Waals surface area contributed by atoms with Gasteiger partial charge in [0.15, 0.2) is 0 Å². The number of rotatable bonds is 4. The van der Waals surface area contributed by atoms with E-state index >= 15 is 0 Å². The van der Waals surface area contributed by atoms with Gasteiger partial charge in [0.2, 0.25) is 0 Å². The number of aromatic nitrogens is 3. The van der Waals surface area contributed by atoms with Crippen LogP contribution in [0, 0.1) is 0 Å². The van der Waals surface area contributed by atoms with Crippen molar-refractivity contribution in [2.75, 3.05) is 5.32 Å². The van der Waals surface area contributed by atoms with Crippen LogP contribution in [0.15, 0.2) is 67.3 Å². The zero-order valence-electron chi connectivity index (χ0n) is 10.4. The second kappa shape index (κ2) is 5.35. The van der Waals surface area contributed by atoms with E-state index in [0.29, 0.717) is 0 Å². The van der Waals surface area contributed by atoms with Gasteiger partial charge in [0.1, 0.15) is 0 Å². The molecule has 0 aliphatic heterocycles. The zero-order chi connectivity index (χ0) is 12.9. The minimum absolute atomic E-state index is 0.777. The van der Waals surface area contributed by atoms with E-state index in [9.17, 15) is 0 Å². The van der Waals surface area contributed by atoms with E-state index in [1.165, 1.54) is 5.56 Å². The highest BCUT2D eigenvalue weighted by atomic mass is 15.3. The third-order valence-electron chi connectivity index (χ3n) is 2.79. The summed E-state index contributed by atoms with van der Waals surface area (Å²) in [5, 5.41) is 7.63. The Hall–Kier alpha value is -2.62. The normalized spacial score (nSPS) is 10.3. The molecule has 3 rings (SSSR count). The van der Waals surface area contributed by atoms with Crippen LogP contribution in [-0.2, 0) is 6.54 Å². The molecule has 0 radical (unpaired) electrons. The Balaban J connectivity index is 1.70. The van der Waals surface area contributed by atoms with Gasteiger partial charge in [0.25, 0.3) is 0 Å². The van der Waals surface area contributed by atoms with E-state index in [1.54, 1.807) is 12.4 Å². The Morgan fingerprint density at radius 1 is 0.947 bits per heavy atom. The Kier molecular flexibility index (Phi) is 3.23. The summed E-state index contributed by atoms with van der Waals surface area (Å²) in [5.74, 6) is 0. The fourth-order valence-electron chi connectivity index (χ4n) is 1.89. The number of nitrogens with one attached hydrogen (secondary N) is 1. The van der Waals surface area contributed by atoms with Gasteiger partial charge in [0, 0.05) is 24.3 Å². The maximum Gasteiger partial charge on any atom is 0.0770 e. The average Bonchev–Trinajstić information content (AvgIpc) is 2.88. The maximum absolute atomic E-state index is 4.35. The summed E-state index contributed by atoms with van der Waals surface area (Å²) in [4.78, 5) is 3.99. The lowest BCUT2D eigenvalue weighted by molar-refractivity contribution is 0.687. The first-order valence-corrected chi connectivity index (χ1v) is 6.13. The third kappa shape index (κ3) is 2.98. The Morgan fingerprint density at radius 2 is 1.74 bits per heavy atom. The fourth-order valence-corrected chi connectivity index (χ4v) is 1.89. The summed E-state index contributed by atoms with van der Waals surface area (Å²) in [5.41, 5.74) is 3.22. The molecular formula is C15H14N4. The van der Waals surface area contributed by atoms with Crippen LogP contribution < -0.4 is 5.32 Å². The third-order valence-corrected chi connectivity index (χ3v) is 2.79. The van der Waals surface area contributed by atoms with Gasteiger partial charge in [-0.1, -0.05) is 30.3 Å². The summed E-state index contributed by atoms with van der Waals surface area (Å²) >= 11 is 0. The van der Waals surface area contributed by atoms with Crippen LogP contribution in [0.25, 0.3) is 0 Å². The van der Waals surface area contributed by atoms with Crippen molar-refractivity contribution in [1.29, 1.82) is 0 Å². The van der Waals surface area contributed by atoms with E-state index in [1.807, 2.05) is 47.4 Å². The Morgan fingerprint density at radius 3 is 2.53 bits per heavy atom. The molecule has 0 aliphatic rings. The lowest BCUT2D eigenvalue weighted by Crippen LogP contribution is -1.99. The van der Waals surface area contributed by atoms with Crippen molar-refractivity contribution in [3.63, 3.8) is 0 Å². The molecule has 1 aromatic carbocycles. The Labute approximate surface area is 111 Å². The van der Waals surface area contributed by atoms with Gasteiger partial charge in [0.05, 0.1) is 18.4 Å². The number of hydrogen-bond acceptors (Lipinski definition) is 3. The molecule has 0 spiro atoms. The van der Waals surface area contributed by atoms with E-state index in [-0.39, 0.29) is 0 Å². The lowest BCUT2D eigenvalue weighted by atomic mass is 10.2. The number of nitrogens with zero attached hydrogens (tertiary/aromatic N) is 3. The number of hydrogen-bond donors (Lipinski definition) is 1. The average molecular weight is 250 g/mol. The number of pyridine rings is 1. The second-order valence-corrected chi connectivity index (χ2v) is 4.27. The van der Waals surface area contributed by atoms with E-state index in [2.05, 4.69) is 27.5 Å². The first-order valence-electron chi connectivity index (χ1n) is 6.13. The highest BCUT2D eigenvalue weighted by Crippen LogP contribution is 2.14. The van der Waals surface area contributed by atoms with Crippen LogP contribution in [0.1, 0.15) is 5.56 Å². The number of anilines is 2. The summed E-state index contributed by atoms with van der Waals surface area (Å²) in [6.45, 7) is 0.777. The van der Waals surface area contributed by atoms with E-state index in [0.717, 1.165) is 17.9 Å². The van der Waals surface area contributed by atoms with Crippen LogP contribution in [-0.4, -0.2) is 14.8 Å². The summed E-state index contributed by atoms with van der Waals surface area (Å²) < 4.78 is 1.92. The molecule has 2 heterocycles. The van der Waals surface area contributed by atoms with Crippen LogP contribution in [0.5, 0.6) is 0 Å². The molecule has 0 atom stereocenters. The molecule has 4 heteroatoms.